The van der Waals surface area contributed by atoms with Crippen molar-refractivity contribution in [3.8, 4) is 0 Å². The van der Waals surface area contributed by atoms with Crippen LogP contribution >= 0.6 is 0 Å². The molecule has 1 aliphatic carbocycles. The van der Waals surface area contributed by atoms with E-state index in [0.29, 0.717) is 5.57 Å². The number of rotatable bonds is 1. The largest absolute Gasteiger partial charge is 0.612 e. The quantitative estimate of drug-likeness (QED) is 0.550. The Balaban J connectivity index is 2.25. The minimum Gasteiger partial charge on any atom is -0.612 e. The van der Waals surface area contributed by atoms with Gasteiger partial charge in [-0.05, 0) is 30.4 Å². The van der Waals surface area contributed by atoms with Gasteiger partial charge in [0, 0.05) is 23.5 Å². The molecular weight excluding hydrogens is 216 g/mol. The van der Waals surface area contributed by atoms with Crippen LogP contribution in [-0.4, -0.2) is 10.6 Å². The lowest BCUT2D eigenvalue weighted by Gasteiger charge is -2.11. The summed E-state index contributed by atoms with van der Waals surface area (Å²) in [5.41, 5.74) is 1.60. The monoisotopic (exact) mass is 227 g/mol. The normalized spacial score (nSPS) is 22.2. The number of nitrogens with one attached hydrogen (secondary N) is 1. The van der Waals surface area contributed by atoms with Gasteiger partial charge in [0.25, 0.3) is 0 Å². The molecule has 0 bridgehead atoms. The van der Waals surface area contributed by atoms with E-state index in [1.807, 2.05) is 24.3 Å². The molecular formula is C13H11N2O2-. The van der Waals surface area contributed by atoms with Crippen LogP contribution in [0.15, 0.2) is 72.2 Å². The molecule has 0 fully saturated rings. The summed E-state index contributed by atoms with van der Waals surface area (Å²) in [6.07, 6.45) is 17.7. The van der Waals surface area contributed by atoms with Crippen molar-refractivity contribution in [2.75, 3.05) is 0 Å². The summed E-state index contributed by atoms with van der Waals surface area (Å²) in [6.45, 7) is 0. The highest BCUT2D eigenvalue weighted by molar-refractivity contribution is 6.08. The molecule has 0 aromatic carbocycles. The van der Waals surface area contributed by atoms with Crippen molar-refractivity contribution in [2.24, 2.45) is 0 Å². The summed E-state index contributed by atoms with van der Waals surface area (Å²) in [5.74, 6) is 0. The Labute approximate surface area is 99.1 Å². The van der Waals surface area contributed by atoms with Crippen LogP contribution in [0.25, 0.3) is 0 Å². The maximum Gasteiger partial charge on any atom is 0.229 e. The summed E-state index contributed by atoms with van der Waals surface area (Å²) in [4.78, 5) is -0.381. The first kappa shape index (κ1) is 11.0. The molecule has 2 rings (SSSR count). The minimum atomic E-state index is -0.381. The Morgan fingerprint density at radius 1 is 0.941 bits per heavy atom. The zero-order valence-electron chi connectivity index (χ0n) is 9.04. The Hall–Kier alpha value is -2.49. The first-order chi connectivity index (χ1) is 8.27. The van der Waals surface area contributed by atoms with Gasteiger partial charge in [0.05, 0.1) is 0 Å². The third-order valence-corrected chi connectivity index (χ3v) is 2.31. The smallest absolute Gasteiger partial charge is 0.229 e. The van der Waals surface area contributed by atoms with Crippen LogP contribution < -0.4 is 5.32 Å². The molecule has 0 saturated heterocycles. The van der Waals surface area contributed by atoms with Crippen molar-refractivity contribution in [1.82, 2.24) is 5.32 Å². The van der Waals surface area contributed by atoms with E-state index in [1.165, 1.54) is 6.08 Å². The molecule has 0 saturated carbocycles. The van der Waals surface area contributed by atoms with Gasteiger partial charge in [0.1, 0.15) is 0 Å². The standard InChI is InChI=1S/C13H11N2O2/c16-15(17)13-7-2-1-5-11(13)8-9-12-6-3-4-10-14-12/h1-10,14H/q-1. The second kappa shape index (κ2) is 5.03. The van der Waals surface area contributed by atoms with Crippen molar-refractivity contribution in [2.45, 2.75) is 0 Å². The molecule has 0 amide bonds. The lowest BCUT2D eigenvalue weighted by Crippen LogP contribution is -2.11. The van der Waals surface area contributed by atoms with Crippen LogP contribution in [0, 0.1) is 10.4 Å². The highest BCUT2D eigenvalue weighted by atomic mass is 16.8. The van der Waals surface area contributed by atoms with E-state index in [1.54, 1.807) is 30.5 Å². The molecule has 1 aliphatic heterocycles. The highest BCUT2D eigenvalue weighted by Gasteiger charge is 2.09. The summed E-state index contributed by atoms with van der Waals surface area (Å²) in [6, 6.07) is 0. The van der Waals surface area contributed by atoms with Crippen molar-refractivity contribution in [1.29, 1.82) is 0 Å². The first-order valence-corrected chi connectivity index (χ1v) is 5.15. The number of dihydropyridines is 1. The summed E-state index contributed by atoms with van der Waals surface area (Å²) in [7, 11) is 0. The predicted octanol–water partition coefficient (Wildman–Crippen LogP) is 2.04. The molecule has 4 heteroatoms. The van der Waals surface area contributed by atoms with Crippen molar-refractivity contribution in [3.05, 3.63) is 82.6 Å². The van der Waals surface area contributed by atoms with Crippen molar-refractivity contribution >= 4 is 5.71 Å². The fourth-order valence-electron chi connectivity index (χ4n) is 1.49. The molecule has 0 radical (unpaired) electrons. The van der Waals surface area contributed by atoms with Gasteiger partial charge in [0.2, 0.25) is 5.71 Å². The van der Waals surface area contributed by atoms with Crippen molar-refractivity contribution in [3.63, 3.8) is 0 Å². The molecule has 0 atom stereocenters. The maximum absolute atomic E-state index is 10.8. The highest BCUT2D eigenvalue weighted by Crippen LogP contribution is 2.09. The summed E-state index contributed by atoms with van der Waals surface area (Å²) in [5, 5.41) is 24.6. The van der Waals surface area contributed by atoms with Crippen LogP contribution in [0.3, 0.4) is 0 Å². The van der Waals surface area contributed by atoms with Crippen molar-refractivity contribution < 1.29 is 4.90 Å². The van der Waals surface area contributed by atoms with E-state index in [4.69, 9.17) is 0 Å². The van der Waals surface area contributed by atoms with Crippen LogP contribution in [0.2, 0.25) is 0 Å². The molecule has 0 aromatic heterocycles. The van der Waals surface area contributed by atoms with Crippen LogP contribution in [0.4, 0.5) is 0 Å². The maximum atomic E-state index is 10.8. The third-order valence-electron chi connectivity index (χ3n) is 2.31. The topological polar surface area (TPSA) is 61.2 Å². The van der Waals surface area contributed by atoms with Gasteiger partial charge in [-0.1, -0.05) is 18.2 Å². The summed E-state index contributed by atoms with van der Waals surface area (Å²) < 4.78 is 0. The zero-order chi connectivity index (χ0) is 12.1. The van der Waals surface area contributed by atoms with E-state index < -0.39 is 0 Å². The average molecular weight is 227 g/mol. The Kier molecular flexibility index (Phi) is 3.25. The number of hydrogen-bond acceptors (Lipinski definition) is 3. The van der Waals surface area contributed by atoms with Gasteiger partial charge in [0.15, 0.2) is 0 Å². The number of hydrogen-bond donors (Lipinski definition) is 1. The Bertz CT molecular complexity index is 514. The molecule has 17 heavy (non-hydrogen) atoms. The lowest BCUT2D eigenvalue weighted by atomic mass is 10.0. The summed E-state index contributed by atoms with van der Waals surface area (Å²) >= 11 is 0. The van der Waals surface area contributed by atoms with Gasteiger partial charge in [-0.3, -0.25) is 0 Å². The van der Waals surface area contributed by atoms with Crippen LogP contribution in [0.5, 0.6) is 0 Å². The van der Waals surface area contributed by atoms with Gasteiger partial charge in [-0.15, -0.1) is 0 Å². The molecule has 0 spiro atoms. The fourth-order valence-corrected chi connectivity index (χ4v) is 1.49. The number of allylic oxidation sites excluding steroid dienone is 10. The molecule has 0 unspecified atom stereocenters. The molecule has 1 N–H and O–H groups in total. The molecule has 86 valence electrons. The average Bonchev–Trinajstić information content (AvgIpc) is 2.38. The van der Waals surface area contributed by atoms with Crippen LogP contribution in [0.1, 0.15) is 0 Å². The SMILES string of the molecule is [O-][N+]([O-])=C1C=CC=CC1=CC=C1C=CC=CN1. The van der Waals surface area contributed by atoms with Gasteiger partial charge < -0.3 is 15.7 Å². The van der Waals surface area contributed by atoms with Crippen LogP contribution in [-0.2, 0) is 0 Å². The molecule has 1 heterocycles. The molecule has 0 aromatic rings. The van der Waals surface area contributed by atoms with Gasteiger partial charge in [-0.25, -0.2) is 0 Å². The Morgan fingerprint density at radius 3 is 2.41 bits per heavy atom. The lowest BCUT2D eigenvalue weighted by molar-refractivity contribution is -0.377. The predicted molar refractivity (Wildman–Crippen MR) is 67.9 cm³/mol. The molecule has 2 aliphatic rings. The Morgan fingerprint density at radius 2 is 1.71 bits per heavy atom. The van der Waals surface area contributed by atoms with Gasteiger partial charge in [-0.2, -0.15) is 4.90 Å². The first-order valence-electron chi connectivity index (χ1n) is 5.15. The molecule has 4 nitrogen and oxygen atoms in total. The van der Waals surface area contributed by atoms with E-state index >= 15 is 0 Å². The minimum absolute atomic E-state index is 0.111. The zero-order valence-corrected chi connectivity index (χ0v) is 9.04. The van der Waals surface area contributed by atoms with E-state index in [9.17, 15) is 10.4 Å². The number of nitrogens with zero attached hydrogens (tertiary/aromatic N) is 1. The van der Waals surface area contributed by atoms with E-state index in [-0.39, 0.29) is 10.6 Å². The fraction of sp³-hybridized carbons (Fsp3) is 0. The van der Waals surface area contributed by atoms with E-state index in [2.05, 4.69) is 5.32 Å². The van der Waals surface area contributed by atoms with E-state index in [0.717, 1.165) is 5.70 Å². The second-order valence-electron chi connectivity index (χ2n) is 3.47. The second-order valence-corrected chi connectivity index (χ2v) is 3.47. The van der Waals surface area contributed by atoms with Gasteiger partial charge >= 0.3 is 0 Å². The third kappa shape index (κ3) is 2.75.